The Balaban J connectivity index is 0.00000294. The highest BCUT2D eigenvalue weighted by Gasteiger charge is 2.41. The van der Waals surface area contributed by atoms with E-state index in [4.69, 9.17) is 0 Å². The number of pyridine rings is 1. The highest BCUT2D eigenvalue weighted by molar-refractivity contribution is 7.20. The number of amides is 1. The highest BCUT2D eigenvalue weighted by atomic mass is 32.1. The Morgan fingerprint density at radius 1 is 1.08 bits per heavy atom. The van der Waals surface area contributed by atoms with Crippen molar-refractivity contribution in [3.63, 3.8) is 0 Å². The summed E-state index contributed by atoms with van der Waals surface area (Å²) in [6, 6.07) is 7.60. The van der Waals surface area contributed by atoms with Gasteiger partial charge in [0.1, 0.15) is 0 Å². The third kappa shape index (κ3) is 4.28. The van der Waals surface area contributed by atoms with Crippen molar-refractivity contribution in [1.82, 2.24) is 44.4 Å². The first kappa shape index (κ1) is 25.1. The van der Waals surface area contributed by atoms with Crippen molar-refractivity contribution < 1.29 is 13.6 Å². The molecule has 0 aliphatic heterocycles. The zero-order valence-corrected chi connectivity index (χ0v) is 20.3. The van der Waals surface area contributed by atoms with E-state index in [1.54, 1.807) is 55.7 Å². The second-order valence-corrected chi connectivity index (χ2v) is 9.32. The number of rotatable bonds is 6. The average molecular weight is 537 g/mol. The predicted octanol–water partition coefficient (Wildman–Crippen LogP) is 3.88. The minimum absolute atomic E-state index is 0. The average Bonchev–Trinajstić information content (AvgIpc) is 3.65. The van der Waals surface area contributed by atoms with Gasteiger partial charge in [-0.15, -0.1) is 15.3 Å². The first-order chi connectivity index (χ1) is 17.8. The molecular formula is C24H22F2N10OS. The number of anilines is 2. The lowest BCUT2D eigenvalue weighted by Gasteiger charge is -2.17. The maximum absolute atomic E-state index is 15.7. The number of aromatic nitrogens is 9. The van der Waals surface area contributed by atoms with Crippen molar-refractivity contribution in [2.24, 2.45) is 14.1 Å². The highest BCUT2D eigenvalue weighted by Crippen LogP contribution is 2.38. The Kier molecular flexibility index (Phi) is 6.18. The van der Waals surface area contributed by atoms with Gasteiger partial charge in [-0.2, -0.15) is 23.5 Å². The van der Waals surface area contributed by atoms with E-state index in [1.807, 2.05) is 0 Å². The lowest BCUT2D eigenvalue weighted by Crippen LogP contribution is -2.27. The molecule has 6 rings (SSSR count). The van der Waals surface area contributed by atoms with Crippen molar-refractivity contribution in [2.45, 2.75) is 19.8 Å². The van der Waals surface area contributed by atoms with Crippen LogP contribution in [0.15, 0.2) is 61.3 Å². The van der Waals surface area contributed by atoms with Gasteiger partial charge in [0.05, 0.1) is 30.0 Å². The fraction of sp³-hybridized carbons (Fsp3) is 0.208. The van der Waals surface area contributed by atoms with E-state index in [-0.39, 0.29) is 35.4 Å². The van der Waals surface area contributed by atoms with Crippen molar-refractivity contribution >= 4 is 43.9 Å². The summed E-state index contributed by atoms with van der Waals surface area (Å²) in [4.78, 5) is 19.0. The number of aryl methyl sites for hydroxylation is 2. The molecule has 0 saturated carbocycles. The number of nitrogens with zero attached hydrogens (tertiary/aromatic N) is 10. The maximum Gasteiger partial charge on any atom is 0.333 e. The molecular weight excluding hydrogens is 514 g/mol. The molecule has 0 spiro atoms. The normalized spacial score (nSPS) is 11.7. The Hall–Kier alpha value is -4.59. The summed E-state index contributed by atoms with van der Waals surface area (Å²) in [6.07, 6.45) is 8.09. The van der Waals surface area contributed by atoms with Crippen LogP contribution in [0.25, 0.3) is 15.9 Å². The molecule has 0 bridgehead atoms. The van der Waals surface area contributed by atoms with E-state index in [9.17, 15) is 4.79 Å². The van der Waals surface area contributed by atoms with Crippen LogP contribution in [0.5, 0.6) is 0 Å². The zero-order valence-electron chi connectivity index (χ0n) is 19.5. The second kappa shape index (κ2) is 9.37. The minimum Gasteiger partial charge on any atom is -0.276 e. The van der Waals surface area contributed by atoms with Crippen LogP contribution < -0.4 is 4.90 Å². The number of hydrogen-bond donors (Lipinski definition) is 0. The molecule has 194 valence electrons. The van der Waals surface area contributed by atoms with Crippen LogP contribution in [-0.2, 0) is 31.2 Å². The number of benzene rings is 1. The molecule has 0 aliphatic carbocycles. The van der Waals surface area contributed by atoms with Gasteiger partial charge >= 0.3 is 5.92 Å². The molecule has 0 saturated heterocycles. The lowest BCUT2D eigenvalue weighted by molar-refractivity contribution is -0.117. The Labute approximate surface area is 219 Å². The van der Waals surface area contributed by atoms with Gasteiger partial charge in [-0.3, -0.25) is 24.0 Å². The van der Waals surface area contributed by atoms with Gasteiger partial charge in [0, 0.05) is 43.6 Å². The number of carbonyl (C=O) groups excluding carboxylic acids is 1. The quantitative estimate of drug-likeness (QED) is 0.318. The summed E-state index contributed by atoms with van der Waals surface area (Å²) in [5.74, 6) is -4.49. The molecule has 5 aromatic heterocycles. The van der Waals surface area contributed by atoms with Gasteiger partial charge in [-0.1, -0.05) is 30.9 Å². The molecule has 0 atom stereocenters. The molecule has 0 fully saturated rings. The topological polar surface area (TPSA) is 112 Å². The van der Waals surface area contributed by atoms with Crippen molar-refractivity contribution in [1.29, 1.82) is 0 Å². The van der Waals surface area contributed by atoms with E-state index < -0.39 is 11.7 Å². The van der Waals surface area contributed by atoms with Crippen LogP contribution in [-0.4, -0.2) is 50.3 Å². The van der Waals surface area contributed by atoms with Gasteiger partial charge in [0.15, 0.2) is 0 Å². The lowest BCUT2D eigenvalue weighted by atomic mass is 10.0. The van der Waals surface area contributed by atoms with Crippen molar-refractivity contribution in [3.05, 3.63) is 78.3 Å². The van der Waals surface area contributed by atoms with Crippen LogP contribution in [0, 0.1) is 0 Å². The summed E-state index contributed by atoms with van der Waals surface area (Å²) < 4.78 is 35.5. The fourth-order valence-corrected chi connectivity index (χ4v) is 4.87. The van der Waals surface area contributed by atoms with E-state index in [1.165, 1.54) is 34.0 Å². The van der Waals surface area contributed by atoms with E-state index in [0.717, 1.165) is 15.9 Å². The summed E-state index contributed by atoms with van der Waals surface area (Å²) in [5.41, 5.74) is 1.47. The molecule has 0 radical (unpaired) electrons. The largest absolute Gasteiger partial charge is 0.333 e. The van der Waals surface area contributed by atoms with Gasteiger partial charge in [-0.25, -0.2) is 0 Å². The monoisotopic (exact) mass is 536 g/mol. The molecule has 0 N–H and O–H groups in total. The van der Waals surface area contributed by atoms with E-state index >= 15 is 8.78 Å². The van der Waals surface area contributed by atoms with Gasteiger partial charge < -0.3 is 0 Å². The summed E-state index contributed by atoms with van der Waals surface area (Å²) in [6.45, 7) is 0. The molecule has 1 aromatic carbocycles. The SMILES string of the molecule is C.Cn1cc(CC(=O)N(c2cnn(C)c2)c2nn3c(C(F)(F)c4ccc5ncccc5c4)nnc3s2)cn1. The maximum atomic E-state index is 15.7. The van der Waals surface area contributed by atoms with Crippen LogP contribution in [0.1, 0.15) is 24.4 Å². The molecule has 5 heterocycles. The Bertz CT molecular complexity index is 1770. The second-order valence-electron chi connectivity index (χ2n) is 8.39. The number of fused-ring (bicyclic) bond motifs is 2. The van der Waals surface area contributed by atoms with Gasteiger partial charge in [-0.05, 0) is 23.8 Å². The molecule has 14 heteroatoms. The molecule has 11 nitrogen and oxygen atoms in total. The molecule has 0 aliphatic rings. The number of alkyl halides is 2. The van der Waals surface area contributed by atoms with Gasteiger partial charge in [0.2, 0.25) is 21.8 Å². The summed E-state index contributed by atoms with van der Waals surface area (Å²) in [7, 11) is 3.47. The smallest absolute Gasteiger partial charge is 0.276 e. The van der Waals surface area contributed by atoms with Crippen LogP contribution in [0.4, 0.5) is 19.6 Å². The molecule has 1 amide bonds. The number of carbonyl (C=O) groups is 1. The fourth-order valence-electron chi connectivity index (χ4n) is 3.99. The van der Waals surface area contributed by atoms with Crippen molar-refractivity contribution in [3.8, 4) is 0 Å². The molecule has 6 aromatic rings. The minimum atomic E-state index is -3.51. The van der Waals surface area contributed by atoms with Crippen LogP contribution >= 0.6 is 11.3 Å². The summed E-state index contributed by atoms with van der Waals surface area (Å²) in [5, 5.41) is 21.0. The van der Waals surface area contributed by atoms with Crippen molar-refractivity contribution in [2.75, 3.05) is 4.90 Å². The third-order valence-corrected chi connectivity index (χ3v) is 6.61. The number of hydrogen-bond acceptors (Lipinski definition) is 8. The van der Waals surface area contributed by atoms with E-state index in [2.05, 4.69) is 30.5 Å². The first-order valence-electron chi connectivity index (χ1n) is 11.0. The Morgan fingerprint density at radius 2 is 1.87 bits per heavy atom. The summed E-state index contributed by atoms with van der Waals surface area (Å²) >= 11 is 0.970. The first-order valence-corrected chi connectivity index (χ1v) is 11.9. The predicted molar refractivity (Wildman–Crippen MR) is 137 cm³/mol. The molecule has 38 heavy (non-hydrogen) atoms. The third-order valence-electron chi connectivity index (χ3n) is 5.73. The van der Waals surface area contributed by atoms with Crippen LogP contribution in [0.2, 0.25) is 0 Å². The van der Waals surface area contributed by atoms with Gasteiger partial charge in [0.25, 0.3) is 0 Å². The standard InChI is InChI=1S/C23H18F2N10OS.CH4/c1-32-12-14(10-27-32)8-19(36)34(17-11-28-33(2)13-17)22-31-35-20(29-30-21(35)37-22)23(24,25)16-5-6-18-15(9-16)4-3-7-26-18;/h3-7,9-13H,8H2,1-2H3;1H4. The van der Waals surface area contributed by atoms with Crippen LogP contribution in [0.3, 0.4) is 0 Å². The molecule has 0 unspecified atom stereocenters. The number of halogens is 2. The Morgan fingerprint density at radius 3 is 2.61 bits per heavy atom. The van der Waals surface area contributed by atoms with E-state index in [0.29, 0.717) is 22.2 Å². The zero-order chi connectivity index (χ0) is 25.7.